The van der Waals surface area contributed by atoms with Crippen molar-refractivity contribution in [2.24, 2.45) is 0 Å². The molecule has 1 amide bonds. The Labute approximate surface area is 115 Å². The lowest BCUT2D eigenvalue weighted by Crippen LogP contribution is -2.32. The Kier molecular flexibility index (Phi) is 2.98. The van der Waals surface area contributed by atoms with Crippen molar-refractivity contribution < 1.29 is 14.7 Å². The van der Waals surface area contributed by atoms with Crippen LogP contribution in [0.25, 0.3) is 0 Å². The third-order valence-corrected chi connectivity index (χ3v) is 3.37. The summed E-state index contributed by atoms with van der Waals surface area (Å²) in [5.41, 5.74) is 2.18. The van der Waals surface area contributed by atoms with E-state index in [2.05, 4.69) is 5.10 Å². The summed E-state index contributed by atoms with van der Waals surface area (Å²) in [6.07, 6.45) is 3.46. The minimum absolute atomic E-state index is 0.0433. The van der Waals surface area contributed by atoms with E-state index in [-0.39, 0.29) is 18.0 Å². The van der Waals surface area contributed by atoms with Gasteiger partial charge in [0, 0.05) is 18.4 Å². The predicted octanol–water partition coefficient (Wildman–Crippen LogP) is 1.17. The van der Waals surface area contributed by atoms with E-state index in [0.29, 0.717) is 6.54 Å². The molecule has 1 aliphatic rings. The Morgan fingerprint density at radius 2 is 2.10 bits per heavy atom. The van der Waals surface area contributed by atoms with Gasteiger partial charge in [0.05, 0.1) is 11.8 Å². The molecular weight excluding hydrogens is 258 g/mol. The van der Waals surface area contributed by atoms with Crippen molar-refractivity contribution in [1.82, 2.24) is 9.78 Å². The van der Waals surface area contributed by atoms with Crippen LogP contribution in [0.5, 0.6) is 0 Å². The number of carbonyl (C=O) groups excluding carboxylic acids is 1. The number of aromatic nitrogens is 2. The summed E-state index contributed by atoms with van der Waals surface area (Å²) in [5.74, 6) is -1.13. The maximum Gasteiger partial charge on any atom is 0.338 e. The monoisotopic (exact) mass is 271 g/mol. The summed E-state index contributed by atoms with van der Waals surface area (Å²) in [7, 11) is 0. The molecule has 102 valence electrons. The van der Waals surface area contributed by atoms with E-state index in [1.807, 2.05) is 24.3 Å². The maximum atomic E-state index is 12.3. The number of nitrogens with zero attached hydrogens (tertiary/aromatic N) is 3. The number of carboxylic acids is 1. The fraction of sp³-hybridized carbons (Fsp3) is 0.214. The number of fused-ring (bicyclic) bond motifs is 1. The molecule has 1 aromatic carbocycles. The van der Waals surface area contributed by atoms with Crippen LogP contribution in [0.2, 0.25) is 0 Å². The zero-order chi connectivity index (χ0) is 14.1. The van der Waals surface area contributed by atoms with Crippen molar-refractivity contribution in [3.05, 3.63) is 47.8 Å². The van der Waals surface area contributed by atoms with E-state index in [1.165, 1.54) is 17.1 Å². The number of carboxylic acid groups (broad SMARTS) is 1. The van der Waals surface area contributed by atoms with Crippen LogP contribution in [0.1, 0.15) is 15.9 Å². The molecule has 3 rings (SSSR count). The molecule has 2 heterocycles. The molecule has 0 fully saturated rings. The highest BCUT2D eigenvalue weighted by Crippen LogP contribution is 2.27. The van der Waals surface area contributed by atoms with Crippen molar-refractivity contribution in [3.63, 3.8) is 0 Å². The van der Waals surface area contributed by atoms with Gasteiger partial charge in [-0.1, -0.05) is 18.2 Å². The Bertz CT molecular complexity index is 678. The second kappa shape index (κ2) is 4.80. The number of hydrogen-bond donors (Lipinski definition) is 1. The van der Waals surface area contributed by atoms with Crippen molar-refractivity contribution in [3.8, 4) is 0 Å². The maximum absolute atomic E-state index is 12.3. The molecule has 0 saturated heterocycles. The number of aromatic carboxylic acids is 1. The predicted molar refractivity (Wildman–Crippen MR) is 71.7 cm³/mol. The molecule has 0 unspecified atom stereocenters. The number of benzene rings is 1. The van der Waals surface area contributed by atoms with Gasteiger partial charge < -0.3 is 10.0 Å². The average molecular weight is 271 g/mol. The lowest BCUT2D eigenvalue weighted by molar-refractivity contribution is -0.119. The highest BCUT2D eigenvalue weighted by atomic mass is 16.4. The molecule has 0 spiro atoms. The molecule has 6 nitrogen and oxygen atoms in total. The number of rotatable bonds is 3. The normalized spacial score (nSPS) is 13.3. The molecule has 0 atom stereocenters. The van der Waals surface area contributed by atoms with Gasteiger partial charge in [0.1, 0.15) is 6.54 Å². The zero-order valence-corrected chi connectivity index (χ0v) is 10.7. The minimum atomic E-state index is -1.05. The zero-order valence-electron chi connectivity index (χ0n) is 10.7. The second-order valence-electron chi connectivity index (χ2n) is 4.66. The molecular formula is C14H13N3O3. The van der Waals surface area contributed by atoms with Crippen molar-refractivity contribution in [2.45, 2.75) is 13.0 Å². The van der Waals surface area contributed by atoms with E-state index < -0.39 is 5.97 Å². The molecule has 6 heteroatoms. The average Bonchev–Trinajstić information content (AvgIpc) is 3.04. The first-order valence-electron chi connectivity index (χ1n) is 6.29. The highest BCUT2D eigenvalue weighted by molar-refractivity contribution is 5.95. The number of para-hydroxylation sites is 1. The first-order valence-corrected chi connectivity index (χ1v) is 6.29. The molecule has 0 bridgehead atoms. The van der Waals surface area contributed by atoms with Crippen LogP contribution in [-0.2, 0) is 17.8 Å². The van der Waals surface area contributed by atoms with E-state index in [9.17, 15) is 9.59 Å². The fourth-order valence-electron chi connectivity index (χ4n) is 2.38. The van der Waals surface area contributed by atoms with Crippen LogP contribution >= 0.6 is 0 Å². The molecule has 1 N–H and O–H groups in total. The molecule has 1 aliphatic heterocycles. The molecule has 1 aromatic heterocycles. The second-order valence-corrected chi connectivity index (χ2v) is 4.66. The van der Waals surface area contributed by atoms with E-state index in [4.69, 9.17) is 5.11 Å². The number of hydrogen-bond acceptors (Lipinski definition) is 3. The molecule has 0 aliphatic carbocycles. The Morgan fingerprint density at radius 1 is 1.30 bits per heavy atom. The summed E-state index contributed by atoms with van der Waals surface area (Å²) in [5, 5.41) is 12.7. The third-order valence-electron chi connectivity index (χ3n) is 3.37. The van der Waals surface area contributed by atoms with E-state index in [0.717, 1.165) is 17.7 Å². The minimum Gasteiger partial charge on any atom is -0.478 e. The lowest BCUT2D eigenvalue weighted by Gasteiger charge is -2.17. The van der Waals surface area contributed by atoms with E-state index >= 15 is 0 Å². The van der Waals surface area contributed by atoms with Crippen LogP contribution in [-0.4, -0.2) is 33.3 Å². The highest BCUT2D eigenvalue weighted by Gasteiger charge is 2.24. The van der Waals surface area contributed by atoms with Gasteiger partial charge in [-0.05, 0) is 18.1 Å². The van der Waals surface area contributed by atoms with Crippen LogP contribution in [0.15, 0.2) is 36.7 Å². The molecule has 0 saturated carbocycles. The van der Waals surface area contributed by atoms with Gasteiger partial charge in [0.2, 0.25) is 5.91 Å². The SMILES string of the molecule is O=C(O)c1cnn(CC(=O)N2CCc3ccccc32)c1. The van der Waals surface area contributed by atoms with Gasteiger partial charge in [-0.3, -0.25) is 9.48 Å². The van der Waals surface area contributed by atoms with Gasteiger partial charge >= 0.3 is 5.97 Å². The van der Waals surface area contributed by atoms with Crippen LogP contribution in [0.3, 0.4) is 0 Å². The van der Waals surface area contributed by atoms with E-state index in [1.54, 1.807) is 4.90 Å². The smallest absolute Gasteiger partial charge is 0.338 e. The fourth-order valence-corrected chi connectivity index (χ4v) is 2.38. The van der Waals surface area contributed by atoms with Gasteiger partial charge in [0.15, 0.2) is 0 Å². The van der Waals surface area contributed by atoms with Crippen molar-refractivity contribution in [2.75, 3.05) is 11.4 Å². The summed E-state index contributed by atoms with van der Waals surface area (Å²) in [6, 6.07) is 7.80. The quantitative estimate of drug-likeness (QED) is 0.909. The van der Waals surface area contributed by atoms with Crippen LogP contribution < -0.4 is 4.90 Å². The van der Waals surface area contributed by atoms with Crippen LogP contribution in [0, 0.1) is 0 Å². The molecule has 0 radical (unpaired) electrons. The summed E-state index contributed by atoms with van der Waals surface area (Å²) >= 11 is 0. The molecule has 2 aromatic rings. The molecule has 20 heavy (non-hydrogen) atoms. The van der Waals surface area contributed by atoms with Gasteiger partial charge in [-0.15, -0.1) is 0 Å². The van der Waals surface area contributed by atoms with Crippen molar-refractivity contribution in [1.29, 1.82) is 0 Å². The first kappa shape index (κ1) is 12.4. The lowest BCUT2D eigenvalue weighted by atomic mass is 10.2. The van der Waals surface area contributed by atoms with Gasteiger partial charge in [-0.2, -0.15) is 5.10 Å². The standard InChI is InChI=1S/C14H13N3O3/c18-13(9-16-8-11(7-15-16)14(19)20)17-6-5-10-3-1-2-4-12(10)17/h1-4,7-8H,5-6,9H2,(H,19,20). The Balaban J connectivity index is 1.75. The Hall–Kier alpha value is -2.63. The van der Waals surface area contributed by atoms with Crippen LogP contribution in [0.4, 0.5) is 5.69 Å². The summed E-state index contributed by atoms with van der Waals surface area (Å²) in [4.78, 5) is 24.8. The largest absolute Gasteiger partial charge is 0.478 e. The number of anilines is 1. The Morgan fingerprint density at radius 3 is 2.85 bits per heavy atom. The van der Waals surface area contributed by atoms with Crippen molar-refractivity contribution >= 4 is 17.6 Å². The first-order chi connectivity index (χ1) is 9.65. The third kappa shape index (κ3) is 2.16. The summed E-state index contributed by atoms with van der Waals surface area (Å²) < 4.78 is 1.35. The van der Waals surface area contributed by atoms with Gasteiger partial charge in [0.25, 0.3) is 0 Å². The number of carbonyl (C=O) groups is 2. The number of amides is 1. The van der Waals surface area contributed by atoms with Gasteiger partial charge in [-0.25, -0.2) is 4.79 Å². The topological polar surface area (TPSA) is 75.4 Å². The summed E-state index contributed by atoms with van der Waals surface area (Å²) in [6.45, 7) is 0.701.